The third-order valence-electron chi connectivity index (χ3n) is 5.27. The Kier molecular flexibility index (Phi) is 14.3. The number of piperazine rings is 1. The van der Waals surface area contributed by atoms with E-state index < -0.39 is 5.97 Å². The molecule has 2 rings (SSSR count). The van der Waals surface area contributed by atoms with Gasteiger partial charge in [-0.3, -0.25) is 14.5 Å². The summed E-state index contributed by atoms with van der Waals surface area (Å²) in [6, 6.07) is 7.59. The minimum absolute atomic E-state index is 0.183. The molecule has 194 valence electrons. The lowest BCUT2D eigenvalue weighted by atomic mass is 10.2. The van der Waals surface area contributed by atoms with Gasteiger partial charge in [0, 0.05) is 50.1 Å². The van der Waals surface area contributed by atoms with Gasteiger partial charge < -0.3 is 28.6 Å². The van der Waals surface area contributed by atoms with E-state index in [1.807, 2.05) is 24.3 Å². The predicted octanol–water partition coefficient (Wildman–Crippen LogP) is 1.33. The summed E-state index contributed by atoms with van der Waals surface area (Å²) in [6.07, 6.45) is 2.30. The van der Waals surface area contributed by atoms with Gasteiger partial charge in [0.05, 0.1) is 46.1 Å². The van der Waals surface area contributed by atoms with Crippen molar-refractivity contribution >= 4 is 23.9 Å². The number of anilines is 1. The van der Waals surface area contributed by atoms with Crippen LogP contribution in [-0.2, 0) is 33.3 Å². The molecule has 0 N–H and O–H groups in total. The molecular weight excluding hydrogens is 456 g/mol. The van der Waals surface area contributed by atoms with Gasteiger partial charge in [-0.05, 0) is 24.3 Å². The number of carbonyl (C=O) groups excluding carboxylic acids is 3. The zero-order chi connectivity index (χ0) is 25.1. The Hall–Kier alpha value is -2.79. The molecular formula is C25H36N2O8. The summed E-state index contributed by atoms with van der Waals surface area (Å²) in [5, 5.41) is 0. The van der Waals surface area contributed by atoms with Crippen LogP contribution < -0.4 is 4.90 Å². The fourth-order valence-corrected chi connectivity index (χ4v) is 3.33. The lowest BCUT2D eigenvalue weighted by Crippen LogP contribution is -2.47. The molecule has 35 heavy (non-hydrogen) atoms. The zero-order valence-electron chi connectivity index (χ0n) is 20.2. The molecule has 1 aliphatic heterocycles. The maximum absolute atomic E-state index is 12.0. The highest BCUT2D eigenvalue weighted by atomic mass is 16.6. The van der Waals surface area contributed by atoms with E-state index in [-0.39, 0.29) is 19.2 Å². The van der Waals surface area contributed by atoms with E-state index in [9.17, 15) is 14.4 Å². The maximum Gasteiger partial charge on any atom is 0.330 e. The van der Waals surface area contributed by atoms with E-state index in [1.165, 1.54) is 0 Å². The van der Waals surface area contributed by atoms with Gasteiger partial charge in [0.2, 0.25) is 0 Å². The fourth-order valence-electron chi connectivity index (χ4n) is 3.33. The summed E-state index contributed by atoms with van der Waals surface area (Å²) < 4.78 is 26.0. The summed E-state index contributed by atoms with van der Waals surface area (Å²) >= 11 is 0. The van der Waals surface area contributed by atoms with Crippen LogP contribution in [-0.4, -0.2) is 109 Å². The third kappa shape index (κ3) is 12.5. The number of esters is 2. The quantitative estimate of drug-likeness (QED) is 0.129. The van der Waals surface area contributed by atoms with E-state index in [1.54, 1.807) is 0 Å². The molecule has 0 radical (unpaired) electrons. The van der Waals surface area contributed by atoms with Crippen molar-refractivity contribution in [2.75, 3.05) is 90.5 Å². The van der Waals surface area contributed by atoms with Crippen molar-refractivity contribution in [3.8, 4) is 0 Å². The number of ether oxygens (including phenoxy) is 5. The molecule has 0 aromatic heterocycles. The predicted molar refractivity (Wildman–Crippen MR) is 130 cm³/mol. The van der Waals surface area contributed by atoms with E-state index in [4.69, 9.17) is 23.7 Å². The molecule has 0 bridgehead atoms. The number of carbonyl (C=O) groups is 3. The van der Waals surface area contributed by atoms with Gasteiger partial charge in [0.25, 0.3) is 0 Å². The van der Waals surface area contributed by atoms with Crippen molar-refractivity contribution < 1.29 is 38.1 Å². The minimum atomic E-state index is -0.470. The van der Waals surface area contributed by atoms with Gasteiger partial charge >= 0.3 is 11.9 Å². The standard InChI is InChI=1S/C25H36N2O8/c1-2-24(29)34-19-17-32-15-13-31-14-16-33-18-20-35-25(30)7-8-26-9-11-27(12-10-26)23-5-3-22(21-28)4-6-23/h2-6,21H,1,7-20H2. The number of nitrogens with zero attached hydrogens (tertiary/aromatic N) is 2. The largest absolute Gasteiger partial charge is 0.463 e. The van der Waals surface area contributed by atoms with Crippen LogP contribution >= 0.6 is 0 Å². The highest BCUT2D eigenvalue weighted by molar-refractivity contribution is 5.81. The molecule has 1 aromatic carbocycles. The number of benzene rings is 1. The Bertz CT molecular complexity index is 763. The average Bonchev–Trinajstić information content (AvgIpc) is 2.90. The van der Waals surface area contributed by atoms with Crippen molar-refractivity contribution in [3.05, 3.63) is 42.5 Å². The first kappa shape index (κ1) is 28.4. The number of hydrogen-bond donors (Lipinski definition) is 0. The van der Waals surface area contributed by atoms with Crippen molar-refractivity contribution in [1.82, 2.24) is 4.90 Å². The second kappa shape index (κ2) is 17.6. The van der Waals surface area contributed by atoms with Gasteiger partial charge in [0.1, 0.15) is 19.5 Å². The van der Waals surface area contributed by atoms with Crippen LogP contribution in [0.1, 0.15) is 16.8 Å². The average molecular weight is 493 g/mol. The zero-order valence-corrected chi connectivity index (χ0v) is 20.2. The van der Waals surface area contributed by atoms with Crippen LogP contribution in [0.3, 0.4) is 0 Å². The maximum atomic E-state index is 12.0. The highest BCUT2D eigenvalue weighted by Gasteiger charge is 2.18. The molecule has 10 heteroatoms. The molecule has 1 fully saturated rings. The van der Waals surface area contributed by atoms with Gasteiger partial charge in [-0.1, -0.05) is 6.58 Å². The number of aldehydes is 1. The molecule has 0 saturated carbocycles. The molecule has 1 aromatic rings. The lowest BCUT2D eigenvalue weighted by Gasteiger charge is -2.36. The van der Waals surface area contributed by atoms with Crippen LogP contribution in [0.15, 0.2) is 36.9 Å². The smallest absolute Gasteiger partial charge is 0.330 e. The lowest BCUT2D eigenvalue weighted by molar-refractivity contribution is -0.145. The minimum Gasteiger partial charge on any atom is -0.463 e. The summed E-state index contributed by atoms with van der Waals surface area (Å²) in [7, 11) is 0. The second-order valence-corrected chi connectivity index (χ2v) is 7.72. The van der Waals surface area contributed by atoms with Crippen LogP contribution in [0.4, 0.5) is 5.69 Å². The van der Waals surface area contributed by atoms with Gasteiger partial charge in [-0.2, -0.15) is 0 Å². The summed E-state index contributed by atoms with van der Waals surface area (Å²) in [5.74, 6) is -0.699. The van der Waals surface area contributed by atoms with Crippen LogP contribution in [0.5, 0.6) is 0 Å². The summed E-state index contributed by atoms with van der Waals surface area (Å²) in [6.45, 7) is 10.1. The monoisotopic (exact) mass is 492 g/mol. The Labute approximate surface area is 206 Å². The third-order valence-corrected chi connectivity index (χ3v) is 5.27. The Morgan fingerprint density at radius 3 is 1.89 bits per heavy atom. The molecule has 0 aliphatic carbocycles. The first-order valence-electron chi connectivity index (χ1n) is 11.8. The van der Waals surface area contributed by atoms with Crippen molar-refractivity contribution in [1.29, 1.82) is 0 Å². The second-order valence-electron chi connectivity index (χ2n) is 7.72. The van der Waals surface area contributed by atoms with E-state index in [0.717, 1.165) is 44.2 Å². The highest BCUT2D eigenvalue weighted by Crippen LogP contribution is 2.17. The van der Waals surface area contributed by atoms with Gasteiger partial charge in [-0.25, -0.2) is 4.79 Å². The number of rotatable bonds is 18. The molecule has 1 aliphatic rings. The van der Waals surface area contributed by atoms with Crippen LogP contribution in [0.25, 0.3) is 0 Å². The summed E-state index contributed by atoms with van der Waals surface area (Å²) in [4.78, 5) is 38.1. The van der Waals surface area contributed by atoms with E-state index >= 15 is 0 Å². The molecule has 0 unspecified atom stereocenters. The molecule has 1 heterocycles. The van der Waals surface area contributed by atoms with Gasteiger partial charge in [-0.15, -0.1) is 0 Å². The molecule has 0 atom stereocenters. The Morgan fingerprint density at radius 1 is 0.800 bits per heavy atom. The number of hydrogen-bond acceptors (Lipinski definition) is 10. The van der Waals surface area contributed by atoms with Crippen molar-refractivity contribution in [2.24, 2.45) is 0 Å². The van der Waals surface area contributed by atoms with Crippen LogP contribution in [0, 0.1) is 0 Å². The van der Waals surface area contributed by atoms with E-state index in [2.05, 4.69) is 16.4 Å². The Morgan fingerprint density at radius 2 is 1.34 bits per heavy atom. The summed E-state index contributed by atoms with van der Waals surface area (Å²) in [5.41, 5.74) is 1.78. The molecule has 10 nitrogen and oxygen atoms in total. The van der Waals surface area contributed by atoms with E-state index in [0.29, 0.717) is 58.2 Å². The molecule has 0 spiro atoms. The first-order chi connectivity index (χ1) is 17.1. The fraction of sp³-hybridized carbons (Fsp3) is 0.560. The normalized spacial score (nSPS) is 13.9. The van der Waals surface area contributed by atoms with Crippen molar-refractivity contribution in [2.45, 2.75) is 6.42 Å². The SMILES string of the molecule is C=CC(=O)OCCOCCOCCOCCOC(=O)CCN1CCN(c2ccc(C=O)cc2)CC1. The van der Waals surface area contributed by atoms with Crippen molar-refractivity contribution in [3.63, 3.8) is 0 Å². The molecule has 0 amide bonds. The Balaban J connectivity index is 1.38. The topological polar surface area (TPSA) is 104 Å². The van der Waals surface area contributed by atoms with Gasteiger partial charge in [0.15, 0.2) is 0 Å². The van der Waals surface area contributed by atoms with Crippen LogP contribution in [0.2, 0.25) is 0 Å². The first-order valence-corrected chi connectivity index (χ1v) is 11.8. The molecule has 1 saturated heterocycles.